The molecule has 0 saturated carbocycles. The smallest absolute Gasteiger partial charge is 0.240 e. The van der Waals surface area contributed by atoms with Gasteiger partial charge < -0.3 is 14.6 Å². The van der Waals surface area contributed by atoms with E-state index >= 15 is 0 Å². The van der Waals surface area contributed by atoms with E-state index in [1.54, 1.807) is 13.2 Å². The fourth-order valence-electron chi connectivity index (χ4n) is 1.80. The molecule has 0 radical (unpaired) electrons. The Morgan fingerprint density at radius 1 is 1.29 bits per heavy atom. The van der Waals surface area contributed by atoms with E-state index in [2.05, 4.69) is 4.72 Å². The Labute approximate surface area is 126 Å². The van der Waals surface area contributed by atoms with Crippen molar-refractivity contribution in [3.8, 4) is 5.75 Å². The number of nitrogens with one attached hydrogen (secondary N) is 1. The standard InChI is InChI=1S/C14H23NO5S/c1-3-20-14-7-6-13(10-12(14)11-16)21(17,18)15-8-4-5-9-19-2/h6-7,10,15-16H,3-5,8-9,11H2,1-2H3. The summed E-state index contributed by atoms with van der Waals surface area (Å²) in [5.41, 5.74) is 0.458. The number of unbranched alkanes of at least 4 members (excludes halogenated alkanes) is 1. The fraction of sp³-hybridized carbons (Fsp3) is 0.571. The normalized spacial score (nSPS) is 11.6. The molecule has 0 bridgehead atoms. The third-order valence-corrected chi connectivity index (χ3v) is 4.34. The van der Waals surface area contributed by atoms with Gasteiger partial charge in [-0.1, -0.05) is 0 Å². The number of rotatable bonds is 10. The zero-order chi connectivity index (χ0) is 15.7. The molecule has 0 unspecified atom stereocenters. The molecule has 0 heterocycles. The maximum atomic E-state index is 12.1. The first-order valence-corrected chi connectivity index (χ1v) is 8.38. The van der Waals surface area contributed by atoms with Gasteiger partial charge in [0.2, 0.25) is 10.0 Å². The summed E-state index contributed by atoms with van der Waals surface area (Å²) < 4.78 is 37.0. The summed E-state index contributed by atoms with van der Waals surface area (Å²) in [4.78, 5) is 0.127. The van der Waals surface area contributed by atoms with E-state index in [1.807, 2.05) is 6.92 Å². The van der Waals surface area contributed by atoms with Crippen molar-refractivity contribution in [1.29, 1.82) is 0 Å². The van der Waals surface area contributed by atoms with E-state index in [-0.39, 0.29) is 11.5 Å². The Hall–Kier alpha value is -1.15. The van der Waals surface area contributed by atoms with Crippen LogP contribution in [0.15, 0.2) is 23.1 Å². The van der Waals surface area contributed by atoms with E-state index < -0.39 is 10.0 Å². The third kappa shape index (κ3) is 5.62. The van der Waals surface area contributed by atoms with Crippen molar-refractivity contribution in [3.05, 3.63) is 23.8 Å². The van der Waals surface area contributed by atoms with E-state index in [0.717, 1.165) is 6.42 Å². The van der Waals surface area contributed by atoms with E-state index in [4.69, 9.17) is 9.47 Å². The quantitative estimate of drug-likeness (QED) is 0.635. The van der Waals surface area contributed by atoms with Gasteiger partial charge in [-0.05, 0) is 38.0 Å². The first-order chi connectivity index (χ1) is 10.0. The van der Waals surface area contributed by atoms with Crippen LogP contribution in [0, 0.1) is 0 Å². The van der Waals surface area contributed by atoms with Gasteiger partial charge in [0.05, 0.1) is 18.1 Å². The molecule has 0 amide bonds. The second-order valence-electron chi connectivity index (χ2n) is 4.46. The Kier molecular flexibility index (Phi) is 7.66. The third-order valence-electron chi connectivity index (χ3n) is 2.88. The lowest BCUT2D eigenvalue weighted by molar-refractivity contribution is 0.193. The van der Waals surface area contributed by atoms with Gasteiger partial charge in [-0.25, -0.2) is 13.1 Å². The monoisotopic (exact) mass is 317 g/mol. The molecule has 0 fully saturated rings. The molecule has 2 N–H and O–H groups in total. The largest absolute Gasteiger partial charge is 0.494 e. The topological polar surface area (TPSA) is 84.9 Å². The Balaban J connectivity index is 2.74. The van der Waals surface area contributed by atoms with Crippen LogP contribution < -0.4 is 9.46 Å². The average Bonchev–Trinajstić information content (AvgIpc) is 2.47. The fourth-order valence-corrected chi connectivity index (χ4v) is 2.93. The predicted molar refractivity (Wildman–Crippen MR) is 79.8 cm³/mol. The van der Waals surface area contributed by atoms with Gasteiger partial charge in [-0.2, -0.15) is 0 Å². The van der Waals surface area contributed by atoms with Crippen LogP contribution in [-0.2, 0) is 21.4 Å². The molecule has 6 nitrogen and oxygen atoms in total. The number of methoxy groups -OCH3 is 1. The molecule has 0 aromatic heterocycles. The highest BCUT2D eigenvalue weighted by Crippen LogP contribution is 2.22. The Morgan fingerprint density at radius 2 is 2.05 bits per heavy atom. The van der Waals surface area contributed by atoms with Gasteiger partial charge in [-0.15, -0.1) is 0 Å². The first kappa shape index (κ1) is 17.9. The second-order valence-corrected chi connectivity index (χ2v) is 6.23. The van der Waals surface area contributed by atoms with Crippen molar-refractivity contribution in [3.63, 3.8) is 0 Å². The van der Waals surface area contributed by atoms with Gasteiger partial charge >= 0.3 is 0 Å². The number of ether oxygens (including phenoxy) is 2. The molecule has 1 rings (SSSR count). The minimum atomic E-state index is -3.57. The van der Waals surface area contributed by atoms with Crippen molar-refractivity contribution in [2.45, 2.75) is 31.3 Å². The lowest BCUT2D eigenvalue weighted by Gasteiger charge is -2.11. The van der Waals surface area contributed by atoms with Crippen molar-refractivity contribution < 1.29 is 23.0 Å². The van der Waals surface area contributed by atoms with Gasteiger partial charge in [0.15, 0.2) is 0 Å². The van der Waals surface area contributed by atoms with E-state index in [1.165, 1.54) is 12.1 Å². The van der Waals surface area contributed by atoms with Crippen LogP contribution in [0.4, 0.5) is 0 Å². The lowest BCUT2D eigenvalue weighted by Crippen LogP contribution is -2.25. The second kappa shape index (κ2) is 8.99. The number of hydrogen-bond donors (Lipinski definition) is 2. The summed E-state index contributed by atoms with van der Waals surface area (Å²) in [6, 6.07) is 4.47. The highest BCUT2D eigenvalue weighted by molar-refractivity contribution is 7.89. The molecule has 0 spiro atoms. The lowest BCUT2D eigenvalue weighted by atomic mass is 10.2. The average molecular weight is 317 g/mol. The van der Waals surface area contributed by atoms with Gasteiger partial charge in [-0.3, -0.25) is 0 Å². The van der Waals surface area contributed by atoms with Crippen LogP contribution in [0.3, 0.4) is 0 Å². The SMILES string of the molecule is CCOc1ccc(S(=O)(=O)NCCCCOC)cc1CO. The number of sulfonamides is 1. The van der Waals surface area contributed by atoms with Crippen molar-refractivity contribution >= 4 is 10.0 Å². The summed E-state index contributed by atoms with van der Waals surface area (Å²) in [6.07, 6.45) is 1.50. The highest BCUT2D eigenvalue weighted by atomic mass is 32.2. The van der Waals surface area contributed by atoms with E-state index in [0.29, 0.717) is 37.5 Å². The first-order valence-electron chi connectivity index (χ1n) is 6.90. The Bertz CT molecular complexity index is 530. The van der Waals surface area contributed by atoms with Crippen LogP contribution in [-0.4, -0.2) is 40.4 Å². The van der Waals surface area contributed by atoms with Crippen molar-refractivity contribution in [1.82, 2.24) is 4.72 Å². The summed E-state index contributed by atoms with van der Waals surface area (Å²) in [5, 5.41) is 9.30. The highest BCUT2D eigenvalue weighted by Gasteiger charge is 2.15. The van der Waals surface area contributed by atoms with Gasteiger partial charge in [0.1, 0.15) is 5.75 Å². The zero-order valence-corrected chi connectivity index (χ0v) is 13.3. The van der Waals surface area contributed by atoms with Crippen LogP contribution >= 0.6 is 0 Å². The molecule has 0 aliphatic carbocycles. The molecule has 0 aliphatic rings. The van der Waals surface area contributed by atoms with Crippen LogP contribution in [0.25, 0.3) is 0 Å². The molecule has 120 valence electrons. The molecule has 21 heavy (non-hydrogen) atoms. The molecule has 0 atom stereocenters. The predicted octanol–water partition coefficient (Wildman–Crippen LogP) is 1.28. The molecule has 1 aromatic carbocycles. The number of aliphatic hydroxyl groups is 1. The van der Waals surface area contributed by atoms with Crippen LogP contribution in [0.1, 0.15) is 25.3 Å². The van der Waals surface area contributed by atoms with Crippen LogP contribution in [0.2, 0.25) is 0 Å². The molecule has 0 aliphatic heterocycles. The summed E-state index contributed by atoms with van der Waals surface area (Å²) in [5.74, 6) is 0.499. The summed E-state index contributed by atoms with van der Waals surface area (Å²) in [7, 11) is -1.96. The van der Waals surface area contributed by atoms with E-state index in [9.17, 15) is 13.5 Å². The van der Waals surface area contributed by atoms with Crippen LogP contribution in [0.5, 0.6) is 5.75 Å². The molecular weight excluding hydrogens is 294 g/mol. The van der Waals surface area contributed by atoms with Gasteiger partial charge in [0.25, 0.3) is 0 Å². The number of aliphatic hydroxyl groups excluding tert-OH is 1. The van der Waals surface area contributed by atoms with Gasteiger partial charge in [0, 0.05) is 25.8 Å². The van der Waals surface area contributed by atoms with Crippen molar-refractivity contribution in [2.24, 2.45) is 0 Å². The maximum absolute atomic E-state index is 12.1. The van der Waals surface area contributed by atoms with Crippen molar-refractivity contribution in [2.75, 3.05) is 26.9 Å². The molecule has 7 heteroatoms. The molecular formula is C14H23NO5S. The molecule has 0 saturated heterocycles. The Morgan fingerprint density at radius 3 is 2.67 bits per heavy atom. The zero-order valence-electron chi connectivity index (χ0n) is 12.5. The summed E-state index contributed by atoms with van der Waals surface area (Å²) in [6.45, 7) is 2.98. The summed E-state index contributed by atoms with van der Waals surface area (Å²) >= 11 is 0. The number of benzene rings is 1. The number of hydrogen-bond acceptors (Lipinski definition) is 5. The molecule has 1 aromatic rings. The minimum Gasteiger partial charge on any atom is -0.494 e. The maximum Gasteiger partial charge on any atom is 0.240 e. The minimum absolute atomic E-state index is 0.127.